The minimum atomic E-state index is -0.584. The van der Waals surface area contributed by atoms with Crippen molar-refractivity contribution in [1.82, 2.24) is 25.1 Å². The van der Waals surface area contributed by atoms with E-state index in [9.17, 15) is 4.79 Å². The van der Waals surface area contributed by atoms with E-state index < -0.39 is 11.7 Å². The largest absolute Gasteiger partial charge is 0.444 e. The Bertz CT molecular complexity index is 1650. The molecule has 1 unspecified atom stereocenters. The second kappa shape index (κ2) is 13.5. The zero-order chi connectivity index (χ0) is 30.2. The molecule has 0 spiro atoms. The first kappa shape index (κ1) is 29.7. The van der Waals surface area contributed by atoms with Crippen LogP contribution in [-0.2, 0) is 29.2 Å². The smallest absolute Gasteiger partial charge is 0.407 e. The van der Waals surface area contributed by atoms with Crippen molar-refractivity contribution in [2.75, 3.05) is 11.9 Å². The number of aryl methyl sites for hydroxylation is 1. The molecule has 0 bridgehead atoms. The number of nitrogens with one attached hydrogen (secondary N) is 2. The number of amides is 1. The molecule has 0 fully saturated rings. The Hall–Kier alpha value is -4.76. The highest BCUT2D eigenvalue weighted by Crippen LogP contribution is 2.26. The average Bonchev–Trinajstić information content (AvgIpc) is 3.30. The first-order valence-corrected chi connectivity index (χ1v) is 14.4. The van der Waals surface area contributed by atoms with E-state index in [1.807, 2.05) is 105 Å². The maximum Gasteiger partial charge on any atom is 0.407 e. The van der Waals surface area contributed by atoms with Crippen LogP contribution in [0.5, 0.6) is 0 Å². The number of carbonyl (C=O) groups excluding carboxylic acids is 1. The molecule has 222 valence electrons. The molecule has 1 amide bonds. The molecule has 2 aromatic heterocycles. The van der Waals surface area contributed by atoms with Crippen molar-refractivity contribution in [3.05, 3.63) is 108 Å². The van der Waals surface area contributed by atoms with Gasteiger partial charge in [0.2, 0.25) is 0 Å². The van der Waals surface area contributed by atoms with Gasteiger partial charge in [-0.25, -0.2) is 14.5 Å². The third kappa shape index (κ3) is 8.39. The molecule has 9 nitrogen and oxygen atoms in total. The number of anilines is 1. The molecule has 43 heavy (non-hydrogen) atoms. The minimum Gasteiger partial charge on any atom is -0.444 e. The molecule has 9 heteroatoms. The van der Waals surface area contributed by atoms with E-state index in [-0.39, 0.29) is 6.04 Å². The number of fused-ring (bicyclic) bond motifs is 1. The summed E-state index contributed by atoms with van der Waals surface area (Å²) < 4.78 is 13.3. The van der Waals surface area contributed by atoms with Gasteiger partial charge in [0.15, 0.2) is 0 Å². The van der Waals surface area contributed by atoms with Crippen LogP contribution in [-0.4, -0.2) is 44.0 Å². The molecule has 1 atom stereocenters. The van der Waals surface area contributed by atoms with E-state index in [4.69, 9.17) is 19.6 Å². The molecule has 0 saturated heterocycles. The van der Waals surface area contributed by atoms with Crippen LogP contribution >= 0.6 is 0 Å². The second-order valence-electron chi connectivity index (χ2n) is 11.5. The number of aromatic nitrogens is 4. The molecule has 0 radical (unpaired) electrons. The highest BCUT2D eigenvalue weighted by molar-refractivity contribution is 5.86. The SMILES string of the molecule is Cc1nn(COCc2ccccc2)c2ccc(-c3cncc(NCC(Cc4ccccc4)NC(=O)OC(C)(C)C)n3)cc12. The third-order valence-corrected chi connectivity index (χ3v) is 6.77. The first-order valence-electron chi connectivity index (χ1n) is 14.4. The molecule has 5 rings (SSSR count). The number of nitrogens with zero attached hydrogens (tertiary/aromatic N) is 4. The predicted molar refractivity (Wildman–Crippen MR) is 169 cm³/mol. The maximum absolute atomic E-state index is 12.6. The molecule has 2 N–H and O–H groups in total. The number of alkyl carbamates (subject to hydrolysis) is 1. The number of hydrogen-bond donors (Lipinski definition) is 2. The van der Waals surface area contributed by atoms with E-state index in [1.54, 1.807) is 12.4 Å². The number of hydrogen-bond acceptors (Lipinski definition) is 7. The zero-order valence-corrected chi connectivity index (χ0v) is 25.1. The Morgan fingerprint density at radius 1 is 0.953 bits per heavy atom. The summed E-state index contributed by atoms with van der Waals surface area (Å²) >= 11 is 0. The number of benzene rings is 3. The first-order chi connectivity index (χ1) is 20.7. The number of ether oxygens (including phenoxy) is 2. The summed E-state index contributed by atoms with van der Waals surface area (Å²) in [5.41, 5.74) is 5.23. The number of rotatable bonds is 11. The highest BCUT2D eigenvalue weighted by atomic mass is 16.6. The van der Waals surface area contributed by atoms with Crippen molar-refractivity contribution in [3.63, 3.8) is 0 Å². The topological polar surface area (TPSA) is 103 Å². The van der Waals surface area contributed by atoms with Gasteiger partial charge in [-0.05, 0) is 57.4 Å². The Balaban J connectivity index is 1.27. The van der Waals surface area contributed by atoms with Crippen LogP contribution in [0.15, 0.2) is 91.3 Å². The van der Waals surface area contributed by atoms with Crippen molar-refractivity contribution >= 4 is 22.8 Å². The Morgan fingerprint density at radius 3 is 2.40 bits per heavy atom. The number of carbonyl (C=O) groups is 1. The van der Waals surface area contributed by atoms with Crippen molar-refractivity contribution in [1.29, 1.82) is 0 Å². The van der Waals surface area contributed by atoms with E-state index >= 15 is 0 Å². The molecular formula is C34H38N6O3. The van der Waals surface area contributed by atoms with E-state index in [0.29, 0.717) is 32.1 Å². The summed E-state index contributed by atoms with van der Waals surface area (Å²) in [6.45, 7) is 8.87. The van der Waals surface area contributed by atoms with Gasteiger partial charge >= 0.3 is 6.09 Å². The third-order valence-electron chi connectivity index (χ3n) is 6.77. The molecular weight excluding hydrogens is 540 g/mol. The fourth-order valence-corrected chi connectivity index (χ4v) is 4.79. The lowest BCUT2D eigenvalue weighted by Crippen LogP contribution is -2.43. The van der Waals surface area contributed by atoms with Gasteiger partial charge in [-0.2, -0.15) is 5.10 Å². The van der Waals surface area contributed by atoms with Crippen molar-refractivity contribution in [2.24, 2.45) is 0 Å². The Morgan fingerprint density at radius 2 is 1.67 bits per heavy atom. The van der Waals surface area contributed by atoms with Crippen LogP contribution in [0, 0.1) is 6.92 Å². The normalized spacial score (nSPS) is 12.2. The molecule has 0 aliphatic carbocycles. The lowest BCUT2D eigenvalue weighted by Gasteiger charge is -2.24. The minimum absolute atomic E-state index is 0.225. The van der Waals surface area contributed by atoms with Gasteiger partial charge in [0, 0.05) is 17.5 Å². The molecule has 0 saturated carbocycles. The lowest BCUT2D eigenvalue weighted by molar-refractivity contribution is 0.0507. The zero-order valence-electron chi connectivity index (χ0n) is 25.1. The standard InChI is InChI=1S/C34H38N6O3/c1-24-29-18-27(15-16-31(29)40(39-24)23-42-22-26-13-9-6-10-14-26)30-20-35-21-32(38-30)36-19-28(17-25-11-7-5-8-12-25)37-33(41)43-34(2,3)4/h5-16,18,20-21,28H,17,19,22-23H2,1-4H3,(H,36,38)(H,37,41). The second-order valence-corrected chi connectivity index (χ2v) is 11.5. The van der Waals surface area contributed by atoms with Gasteiger partial charge in [0.25, 0.3) is 0 Å². The van der Waals surface area contributed by atoms with Crippen LogP contribution in [0.2, 0.25) is 0 Å². The van der Waals surface area contributed by atoms with Gasteiger partial charge in [-0.3, -0.25) is 4.98 Å². The van der Waals surface area contributed by atoms with Gasteiger partial charge in [0.1, 0.15) is 18.1 Å². The van der Waals surface area contributed by atoms with Crippen LogP contribution < -0.4 is 10.6 Å². The summed E-state index contributed by atoms with van der Waals surface area (Å²) in [5.74, 6) is 0.614. The summed E-state index contributed by atoms with van der Waals surface area (Å²) in [7, 11) is 0. The van der Waals surface area contributed by atoms with Gasteiger partial charge in [0.05, 0.1) is 41.9 Å². The van der Waals surface area contributed by atoms with Gasteiger partial charge < -0.3 is 20.1 Å². The molecule has 0 aliphatic heterocycles. The van der Waals surface area contributed by atoms with Gasteiger partial charge in [-0.1, -0.05) is 66.7 Å². The summed E-state index contributed by atoms with van der Waals surface area (Å²) in [4.78, 5) is 21.8. The van der Waals surface area contributed by atoms with Crippen LogP contribution in [0.1, 0.15) is 37.6 Å². The fourth-order valence-electron chi connectivity index (χ4n) is 4.79. The maximum atomic E-state index is 12.6. The van der Waals surface area contributed by atoms with Crippen molar-refractivity contribution in [2.45, 2.75) is 59.1 Å². The van der Waals surface area contributed by atoms with Crippen LogP contribution in [0.4, 0.5) is 10.6 Å². The van der Waals surface area contributed by atoms with E-state index in [0.717, 1.165) is 39.0 Å². The summed E-state index contributed by atoms with van der Waals surface area (Å²) in [6, 6.07) is 26.1. The monoisotopic (exact) mass is 578 g/mol. The Kier molecular flexibility index (Phi) is 9.32. The lowest BCUT2D eigenvalue weighted by atomic mass is 10.1. The molecule has 0 aliphatic rings. The molecule has 5 aromatic rings. The van der Waals surface area contributed by atoms with Crippen molar-refractivity contribution in [3.8, 4) is 11.3 Å². The van der Waals surface area contributed by atoms with E-state index in [1.165, 1.54) is 0 Å². The Labute approximate surface area is 252 Å². The quantitative estimate of drug-likeness (QED) is 0.184. The summed E-state index contributed by atoms with van der Waals surface area (Å²) in [5, 5.41) is 12.1. The van der Waals surface area contributed by atoms with Crippen LogP contribution in [0.3, 0.4) is 0 Å². The van der Waals surface area contributed by atoms with Crippen LogP contribution in [0.25, 0.3) is 22.2 Å². The fraction of sp³-hybridized carbons (Fsp3) is 0.294. The molecule has 2 heterocycles. The molecule has 3 aromatic carbocycles. The van der Waals surface area contributed by atoms with Gasteiger partial charge in [-0.15, -0.1) is 0 Å². The summed E-state index contributed by atoms with van der Waals surface area (Å²) in [6.07, 6.45) is 3.61. The average molecular weight is 579 g/mol. The predicted octanol–water partition coefficient (Wildman–Crippen LogP) is 6.52. The van der Waals surface area contributed by atoms with E-state index in [2.05, 4.69) is 21.7 Å². The highest BCUT2D eigenvalue weighted by Gasteiger charge is 2.20. The van der Waals surface area contributed by atoms with Crippen molar-refractivity contribution < 1.29 is 14.3 Å².